The summed E-state index contributed by atoms with van der Waals surface area (Å²) in [6.45, 7) is 5.66. The van der Waals surface area contributed by atoms with Crippen molar-refractivity contribution >= 4 is 5.96 Å². The van der Waals surface area contributed by atoms with Gasteiger partial charge in [-0.3, -0.25) is 4.99 Å². The van der Waals surface area contributed by atoms with E-state index in [0.717, 1.165) is 68.9 Å². The maximum absolute atomic E-state index is 5.78. The standard InChI is InChI=1S/C21H30N6O2/c1-3-22-21(23-12-15-10-11-29-18-7-5-4-6-17(15)18)24-16-8-9-20-25-19(14-28-2)26-27(20)13-16/h4-7,15-16H,3,8-14H2,1-2H3,(H2,22,23,24). The zero-order chi connectivity index (χ0) is 20.1. The lowest BCUT2D eigenvalue weighted by atomic mass is 9.93. The average molecular weight is 399 g/mol. The van der Waals surface area contributed by atoms with Crippen molar-refractivity contribution in [3.63, 3.8) is 0 Å². The quantitative estimate of drug-likeness (QED) is 0.571. The van der Waals surface area contributed by atoms with Gasteiger partial charge in [-0.15, -0.1) is 0 Å². The van der Waals surface area contributed by atoms with E-state index in [0.29, 0.717) is 12.5 Å². The van der Waals surface area contributed by atoms with Crippen LogP contribution in [0.15, 0.2) is 29.3 Å². The fourth-order valence-corrected chi connectivity index (χ4v) is 3.99. The summed E-state index contributed by atoms with van der Waals surface area (Å²) in [5.41, 5.74) is 1.26. The molecule has 2 unspecified atom stereocenters. The number of methoxy groups -OCH3 is 1. The Balaban J connectivity index is 1.40. The third kappa shape index (κ3) is 4.70. The van der Waals surface area contributed by atoms with Crippen molar-refractivity contribution in [2.24, 2.45) is 4.99 Å². The highest BCUT2D eigenvalue weighted by atomic mass is 16.5. The molecule has 0 spiro atoms. The zero-order valence-electron chi connectivity index (χ0n) is 17.2. The molecule has 2 aliphatic rings. The minimum Gasteiger partial charge on any atom is -0.493 e. The van der Waals surface area contributed by atoms with Crippen LogP contribution in [0.2, 0.25) is 0 Å². The number of aliphatic imine (C=N–C) groups is 1. The Morgan fingerprint density at radius 3 is 3.10 bits per heavy atom. The van der Waals surface area contributed by atoms with Crippen LogP contribution < -0.4 is 15.4 Å². The summed E-state index contributed by atoms with van der Waals surface area (Å²) in [6.07, 6.45) is 2.91. The summed E-state index contributed by atoms with van der Waals surface area (Å²) in [5.74, 6) is 4.04. The summed E-state index contributed by atoms with van der Waals surface area (Å²) in [7, 11) is 1.67. The molecule has 0 bridgehead atoms. The normalized spacial score (nSPS) is 21.1. The van der Waals surface area contributed by atoms with Gasteiger partial charge in [0.05, 0.1) is 13.2 Å². The smallest absolute Gasteiger partial charge is 0.191 e. The number of guanidine groups is 1. The van der Waals surface area contributed by atoms with Crippen LogP contribution in [0.4, 0.5) is 0 Å². The fourth-order valence-electron chi connectivity index (χ4n) is 3.99. The van der Waals surface area contributed by atoms with Crippen LogP contribution in [0.3, 0.4) is 0 Å². The molecule has 0 saturated heterocycles. The van der Waals surface area contributed by atoms with Crippen LogP contribution in [0.1, 0.15) is 42.9 Å². The van der Waals surface area contributed by atoms with Crippen molar-refractivity contribution < 1.29 is 9.47 Å². The molecular weight excluding hydrogens is 368 g/mol. The Labute approximate surface area is 171 Å². The Bertz CT molecular complexity index is 849. The number of aryl methyl sites for hydroxylation is 1. The summed E-state index contributed by atoms with van der Waals surface area (Å²) in [5, 5.41) is 11.5. The van der Waals surface area contributed by atoms with E-state index in [-0.39, 0.29) is 6.04 Å². The molecule has 29 heavy (non-hydrogen) atoms. The first-order chi connectivity index (χ1) is 14.3. The second-order valence-corrected chi connectivity index (χ2v) is 7.53. The molecule has 0 saturated carbocycles. The zero-order valence-corrected chi connectivity index (χ0v) is 17.2. The third-order valence-electron chi connectivity index (χ3n) is 5.41. The molecule has 8 nitrogen and oxygen atoms in total. The third-order valence-corrected chi connectivity index (χ3v) is 5.41. The lowest BCUT2D eigenvalue weighted by Gasteiger charge is -2.27. The molecule has 2 aliphatic heterocycles. The lowest BCUT2D eigenvalue weighted by molar-refractivity contribution is 0.177. The van der Waals surface area contributed by atoms with Crippen LogP contribution in [0, 0.1) is 0 Å². The largest absolute Gasteiger partial charge is 0.493 e. The summed E-state index contributed by atoms with van der Waals surface area (Å²) in [6, 6.07) is 8.57. The number of rotatable bonds is 6. The molecule has 0 fully saturated rings. The number of nitrogens with one attached hydrogen (secondary N) is 2. The number of hydrogen-bond acceptors (Lipinski definition) is 5. The van der Waals surface area contributed by atoms with Gasteiger partial charge in [-0.1, -0.05) is 18.2 Å². The summed E-state index contributed by atoms with van der Waals surface area (Å²) < 4.78 is 12.9. The van der Waals surface area contributed by atoms with Gasteiger partial charge < -0.3 is 20.1 Å². The number of nitrogens with zero attached hydrogens (tertiary/aromatic N) is 4. The maximum Gasteiger partial charge on any atom is 0.191 e. The Hall–Kier alpha value is -2.61. The number of ether oxygens (including phenoxy) is 2. The van der Waals surface area contributed by atoms with Gasteiger partial charge in [0.15, 0.2) is 11.8 Å². The predicted molar refractivity (Wildman–Crippen MR) is 111 cm³/mol. The molecule has 2 N–H and O–H groups in total. The van der Waals surface area contributed by atoms with Gasteiger partial charge in [-0.2, -0.15) is 5.10 Å². The highest BCUT2D eigenvalue weighted by Crippen LogP contribution is 2.33. The molecule has 0 aliphatic carbocycles. The topological polar surface area (TPSA) is 85.6 Å². The number of hydrogen-bond donors (Lipinski definition) is 2. The molecule has 156 valence electrons. The van der Waals surface area contributed by atoms with Gasteiger partial charge >= 0.3 is 0 Å². The van der Waals surface area contributed by atoms with E-state index in [4.69, 9.17) is 14.5 Å². The molecule has 4 rings (SSSR count). The van der Waals surface area contributed by atoms with E-state index in [2.05, 4.69) is 39.8 Å². The highest BCUT2D eigenvalue weighted by molar-refractivity contribution is 5.80. The predicted octanol–water partition coefficient (Wildman–Crippen LogP) is 1.86. The summed E-state index contributed by atoms with van der Waals surface area (Å²) in [4.78, 5) is 9.44. The van der Waals surface area contributed by atoms with Gasteiger partial charge in [0.1, 0.15) is 18.2 Å². The van der Waals surface area contributed by atoms with Crippen LogP contribution in [0.25, 0.3) is 0 Å². The van der Waals surface area contributed by atoms with Crippen LogP contribution in [-0.4, -0.2) is 53.6 Å². The SMILES string of the molecule is CCNC(=NCC1CCOc2ccccc21)NC1CCc2nc(COC)nn2C1. The number of benzene rings is 1. The maximum atomic E-state index is 5.78. The van der Waals surface area contributed by atoms with Crippen molar-refractivity contribution in [3.8, 4) is 5.75 Å². The van der Waals surface area contributed by atoms with Gasteiger partial charge in [0.25, 0.3) is 0 Å². The van der Waals surface area contributed by atoms with Crippen molar-refractivity contribution in [1.82, 2.24) is 25.4 Å². The number of fused-ring (bicyclic) bond motifs is 2. The molecule has 3 heterocycles. The van der Waals surface area contributed by atoms with Crippen molar-refractivity contribution in [1.29, 1.82) is 0 Å². The molecule has 1 aromatic heterocycles. The van der Waals surface area contributed by atoms with Crippen molar-refractivity contribution in [2.75, 3.05) is 26.8 Å². The van der Waals surface area contributed by atoms with Crippen molar-refractivity contribution in [3.05, 3.63) is 41.5 Å². The van der Waals surface area contributed by atoms with E-state index in [9.17, 15) is 0 Å². The monoisotopic (exact) mass is 398 g/mol. The van der Waals surface area contributed by atoms with Crippen LogP contribution in [0.5, 0.6) is 5.75 Å². The summed E-state index contributed by atoms with van der Waals surface area (Å²) >= 11 is 0. The highest BCUT2D eigenvalue weighted by Gasteiger charge is 2.24. The van der Waals surface area contributed by atoms with E-state index in [1.807, 2.05) is 16.8 Å². The van der Waals surface area contributed by atoms with E-state index >= 15 is 0 Å². The van der Waals surface area contributed by atoms with Gasteiger partial charge in [-0.25, -0.2) is 9.67 Å². The number of aromatic nitrogens is 3. The molecule has 8 heteroatoms. The Morgan fingerprint density at radius 1 is 1.34 bits per heavy atom. The Kier molecular flexibility index (Phi) is 6.29. The van der Waals surface area contributed by atoms with E-state index in [1.165, 1.54) is 5.56 Å². The molecule has 0 radical (unpaired) electrons. The molecule has 1 aromatic carbocycles. The van der Waals surface area contributed by atoms with E-state index < -0.39 is 0 Å². The molecule has 0 amide bonds. The number of para-hydroxylation sites is 1. The first-order valence-corrected chi connectivity index (χ1v) is 10.4. The molecule has 2 atom stereocenters. The fraction of sp³-hybridized carbons (Fsp3) is 0.571. The first-order valence-electron chi connectivity index (χ1n) is 10.4. The minimum absolute atomic E-state index is 0.277. The lowest BCUT2D eigenvalue weighted by Crippen LogP contribution is -2.47. The van der Waals surface area contributed by atoms with Crippen LogP contribution >= 0.6 is 0 Å². The van der Waals surface area contributed by atoms with Gasteiger partial charge in [0.2, 0.25) is 0 Å². The van der Waals surface area contributed by atoms with Crippen molar-refractivity contribution in [2.45, 2.75) is 51.3 Å². The minimum atomic E-state index is 0.277. The van der Waals surface area contributed by atoms with Crippen LogP contribution in [-0.2, 0) is 24.3 Å². The second-order valence-electron chi connectivity index (χ2n) is 7.53. The average Bonchev–Trinajstić information content (AvgIpc) is 3.14. The molecule has 2 aromatic rings. The first kappa shape index (κ1) is 19.7. The van der Waals surface area contributed by atoms with E-state index in [1.54, 1.807) is 7.11 Å². The van der Waals surface area contributed by atoms with Gasteiger partial charge in [-0.05, 0) is 31.4 Å². The van der Waals surface area contributed by atoms with Gasteiger partial charge in [0, 0.05) is 38.6 Å². The molecular formula is C21H30N6O2. The second kappa shape index (κ2) is 9.26. The Morgan fingerprint density at radius 2 is 2.24 bits per heavy atom.